The van der Waals surface area contributed by atoms with Gasteiger partial charge in [0.25, 0.3) is 17.5 Å². The molecule has 0 spiro atoms. The van der Waals surface area contributed by atoms with Gasteiger partial charge in [0.15, 0.2) is 5.76 Å². The number of rotatable bonds is 9. The van der Waals surface area contributed by atoms with E-state index < -0.39 is 33.0 Å². The second-order valence-corrected chi connectivity index (χ2v) is 6.29. The molecule has 2 aromatic carbocycles. The molecule has 0 aliphatic heterocycles. The third kappa shape index (κ3) is 6.21. The van der Waals surface area contributed by atoms with Crippen molar-refractivity contribution in [1.29, 1.82) is 0 Å². The maximum atomic E-state index is 11.8. The van der Waals surface area contributed by atoms with E-state index in [9.17, 15) is 29.8 Å². The van der Waals surface area contributed by atoms with E-state index in [1.165, 1.54) is 36.7 Å². The third-order valence-electron chi connectivity index (χ3n) is 3.99. The van der Waals surface area contributed by atoms with Crippen LogP contribution in [0, 0.1) is 20.2 Å². The summed E-state index contributed by atoms with van der Waals surface area (Å²) >= 11 is 0. The number of nitrogens with zero attached hydrogens (tertiary/aromatic N) is 3. The average molecular weight is 453 g/mol. The Bertz CT molecular complexity index is 1220. The first-order chi connectivity index (χ1) is 15.8. The van der Waals surface area contributed by atoms with Crippen molar-refractivity contribution in [3.63, 3.8) is 0 Å². The fourth-order valence-electron chi connectivity index (χ4n) is 2.51. The van der Waals surface area contributed by atoms with Gasteiger partial charge in [-0.15, -0.1) is 0 Å². The van der Waals surface area contributed by atoms with Gasteiger partial charge in [-0.1, -0.05) is 12.1 Å². The van der Waals surface area contributed by atoms with Crippen LogP contribution in [-0.2, 0) is 4.79 Å². The maximum Gasteiger partial charge on any atom is 0.318 e. The lowest BCUT2D eigenvalue weighted by molar-refractivity contribution is -0.394. The molecule has 0 aliphatic rings. The summed E-state index contributed by atoms with van der Waals surface area (Å²) in [7, 11) is 0. The number of nitrogens with one attached hydrogen (secondary N) is 2. The van der Waals surface area contributed by atoms with E-state index >= 15 is 0 Å². The molecular formula is C20H15N5O8. The molecule has 0 radical (unpaired) electrons. The van der Waals surface area contributed by atoms with E-state index in [1.54, 1.807) is 12.1 Å². The van der Waals surface area contributed by atoms with Gasteiger partial charge >= 0.3 is 5.69 Å². The lowest BCUT2D eigenvalue weighted by Crippen LogP contribution is -2.34. The van der Waals surface area contributed by atoms with Crippen LogP contribution < -0.4 is 15.5 Å². The third-order valence-corrected chi connectivity index (χ3v) is 3.99. The van der Waals surface area contributed by atoms with Gasteiger partial charge in [-0.2, -0.15) is 5.10 Å². The largest absolute Gasteiger partial charge is 0.459 e. The quantitative estimate of drug-likeness (QED) is 0.282. The molecule has 1 aromatic heterocycles. The van der Waals surface area contributed by atoms with E-state index in [0.29, 0.717) is 5.56 Å². The first kappa shape index (κ1) is 22.6. The normalized spacial score (nSPS) is 10.5. The van der Waals surface area contributed by atoms with E-state index in [1.807, 2.05) is 0 Å². The molecule has 0 unspecified atom stereocenters. The SMILES string of the molecule is O=C(CNC(=O)c1ccco1)N/N=C\c1cccc(Oc2ccc([N+](=O)[O-])cc2[N+](=O)[O-])c1. The Balaban J connectivity index is 1.60. The first-order valence-electron chi connectivity index (χ1n) is 9.18. The van der Waals surface area contributed by atoms with Crippen molar-refractivity contribution in [2.24, 2.45) is 5.10 Å². The summed E-state index contributed by atoms with van der Waals surface area (Å²) in [4.78, 5) is 44.0. The monoisotopic (exact) mass is 453 g/mol. The topological polar surface area (TPSA) is 179 Å². The zero-order valence-corrected chi connectivity index (χ0v) is 16.7. The van der Waals surface area contributed by atoms with Crippen molar-refractivity contribution in [1.82, 2.24) is 10.7 Å². The number of hydrogen-bond acceptors (Lipinski definition) is 9. The summed E-state index contributed by atoms with van der Waals surface area (Å²) in [5, 5.41) is 28.2. The molecular weight excluding hydrogens is 438 g/mol. The fraction of sp³-hybridized carbons (Fsp3) is 0.0500. The van der Waals surface area contributed by atoms with Crippen molar-refractivity contribution in [2.75, 3.05) is 6.54 Å². The summed E-state index contributed by atoms with van der Waals surface area (Å²) in [6.07, 6.45) is 2.63. The lowest BCUT2D eigenvalue weighted by atomic mass is 10.2. The van der Waals surface area contributed by atoms with Crippen LogP contribution >= 0.6 is 0 Å². The maximum absolute atomic E-state index is 11.8. The van der Waals surface area contributed by atoms with Gasteiger partial charge in [-0.05, 0) is 35.9 Å². The van der Waals surface area contributed by atoms with Crippen molar-refractivity contribution in [3.05, 3.63) is 92.4 Å². The van der Waals surface area contributed by atoms with E-state index in [0.717, 1.165) is 18.2 Å². The van der Waals surface area contributed by atoms with Gasteiger partial charge in [0, 0.05) is 6.07 Å². The molecule has 0 atom stereocenters. The van der Waals surface area contributed by atoms with Crippen molar-refractivity contribution in [3.8, 4) is 11.5 Å². The summed E-state index contributed by atoms with van der Waals surface area (Å²) in [6, 6.07) is 12.2. The number of carbonyl (C=O) groups excluding carboxylic acids is 2. The molecule has 3 rings (SSSR count). The Kier molecular flexibility index (Phi) is 7.06. The number of ether oxygens (including phenoxy) is 1. The molecule has 2 N–H and O–H groups in total. The van der Waals surface area contributed by atoms with Gasteiger partial charge in [-0.3, -0.25) is 29.8 Å². The van der Waals surface area contributed by atoms with E-state index in [4.69, 9.17) is 9.15 Å². The predicted molar refractivity (Wildman–Crippen MR) is 113 cm³/mol. The molecule has 2 amide bonds. The highest BCUT2D eigenvalue weighted by Crippen LogP contribution is 2.34. The molecule has 1 heterocycles. The molecule has 13 nitrogen and oxygen atoms in total. The second kappa shape index (κ2) is 10.3. The first-order valence-corrected chi connectivity index (χ1v) is 9.18. The molecule has 33 heavy (non-hydrogen) atoms. The molecule has 0 bridgehead atoms. The van der Waals surface area contributed by atoms with E-state index in [2.05, 4.69) is 15.8 Å². The molecule has 0 saturated heterocycles. The lowest BCUT2D eigenvalue weighted by Gasteiger charge is -2.07. The summed E-state index contributed by atoms with van der Waals surface area (Å²) < 4.78 is 10.4. The number of non-ortho nitro benzene ring substituents is 1. The van der Waals surface area contributed by atoms with Crippen LogP contribution in [0.5, 0.6) is 11.5 Å². The predicted octanol–water partition coefficient (Wildman–Crippen LogP) is 2.77. The standard InChI is InChI=1S/C20H15N5O8/c26-19(12-21-20(27)18-5-2-8-32-18)23-22-11-13-3-1-4-15(9-13)33-17-7-6-14(24(28)29)10-16(17)25(30)31/h1-11H,12H2,(H,21,27)(H,23,26)/b22-11-. The molecule has 13 heteroatoms. The van der Waals surface area contributed by atoms with Gasteiger partial charge in [0.2, 0.25) is 5.75 Å². The van der Waals surface area contributed by atoms with Crippen LogP contribution in [0.1, 0.15) is 16.1 Å². The number of carbonyl (C=O) groups is 2. The summed E-state index contributed by atoms with van der Waals surface area (Å²) in [6.45, 7) is -0.330. The zero-order chi connectivity index (χ0) is 23.8. The highest BCUT2D eigenvalue weighted by Gasteiger charge is 2.21. The number of amides is 2. The van der Waals surface area contributed by atoms with Crippen molar-refractivity contribution >= 4 is 29.4 Å². The highest BCUT2D eigenvalue weighted by molar-refractivity contribution is 5.94. The van der Waals surface area contributed by atoms with Crippen LogP contribution in [0.3, 0.4) is 0 Å². The molecule has 0 saturated carbocycles. The average Bonchev–Trinajstić information content (AvgIpc) is 3.33. The van der Waals surface area contributed by atoms with Crippen LogP contribution in [-0.4, -0.2) is 34.4 Å². The Morgan fingerprint density at radius 1 is 1.06 bits per heavy atom. The van der Waals surface area contributed by atoms with Crippen LogP contribution in [0.15, 0.2) is 70.4 Å². The van der Waals surface area contributed by atoms with Gasteiger partial charge in [0.1, 0.15) is 5.75 Å². The van der Waals surface area contributed by atoms with Gasteiger partial charge in [0.05, 0.1) is 34.9 Å². The van der Waals surface area contributed by atoms with Gasteiger partial charge in [-0.25, -0.2) is 5.43 Å². The Morgan fingerprint density at radius 3 is 2.58 bits per heavy atom. The van der Waals surface area contributed by atoms with Crippen LogP contribution in [0.25, 0.3) is 0 Å². The number of hydrazone groups is 1. The smallest absolute Gasteiger partial charge is 0.318 e. The fourth-order valence-corrected chi connectivity index (χ4v) is 2.51. The van der Waals surface area contributed by atoms with Crippen LogP contribution in [0.2, 0.25) is 0 Å². The Morgan fingerprint density at radius 2 is 1.88 bits per heavy atom. The number of benzene rings is 2. The van der Waals surface area contributed by atoms with Crippen LogP contribution in [0.4, 0.5) is 11.4 Å². The van der Waals surface area contributed by atoms with Crippen molar-refractivity contribution in [2.45, 2.75) is 0 Å². The summed E-state index contributed by atoms with van der Waals surface area (Å²) in [5.74, 6) is -1.05. The molecule has 3 aromatic rings. The summed E-state index contributed by atoms with van der Waals surface area (Å²) in [5.41, 5.74) is 1.71. The Labute approximate surface area is 185 Å². The van der Waals surface area contributed by atoms with Crippen molar-refractivity contribution < 1.29 is 28.6 Å². The highest BCUT2D eigenvalue weighted by atomic mass is 16.6. The number of nitro groups is 2. The molecule has 0 aliphatic carbocycles. The minimum Gasteiger partial charge on any atom is -0.459 e. The molecule has 0 fully saturated rings. The minimum absolute atomic E-state index is 0.0661. The number of furan rings is 1. The second-order valence-electron chi connectivity index (χ2n) is 6.29. The zero-order valence-electron chi connectivity index (χ0n) is 16.7. The Hall–Kier alpha value is -5.07. The molecule has 168 valence electrons. The number of hydrogen-bond donors (Lipinski definition) is 2. The van der Waals surface area contributed by atoms with E-state index in [-0.39, 0.29) is 23.8 Å². The number of nitro benzene ring substituents is 2. The minimum atomic E-state index is -0.784. The van der Waals surface area contributed by atoms with Gasteiger partial charge < -0.3 is 14.5 Å².